The Kier molecular flexibility index (Phi) is 15.7. The zero-order valence-corrected chi connectivity index (χ0v) is 59.7. The lowest BCUT2D eigenvalue weighted by Gasteiger charge is -2.39. The summed E-state index contributed by atoms with van der Waals surface area (Å²) in [5.74, 6) is 3.67. The number of hydrogen-bond donors (Lipinski definition) is 5. The minimum atomic E-state index is -4.25. The van der Waals surface area contributed by atoms with Gasteiger partial charge >= 0.3 is 0 Å². The van der Waals surface area contributed by atoms with Crippen LogP contribution in [0.25, 0.3) is 11.6 Å². The Balaban J connectivity index is 0.000000160. The molecule has 8 fully saturated rings. The van der Waals surface area contributed by atoms with Crippen LogP contribution in [0, 0.1) is 45.3 Å². The molecule has 6 aromatic heterocycles. The summed E-state index contributed by atoms with van der Waals surface area (Å²) in [5.41, 5.74) is 1.41. The summed E-state index contributed by atoms with van der Waals surface area (Å²) in [6, 6.07) is 19.6. The fraction of sp³-hybridized carbons (Fsp3) is 0.600. The molecule has 6 aliphatic carbocycles. The lowest BCUT2D eigenvalue weighted by Crippen LogP contribution is -2.46. The fourth-order valence-corrected chi connectivity index (χ4v) is 21.0. The number of nitrogens with one attached hydrogen (secondary N) is 4. The maximum Gasteiger partial charge on any atom is 0.281 e. The van der Waals surface area contributed by atoms with Crippen LogP contribution in [-0.2, 0) is 24.5 Å². The summed E-state index contributed by atoms with van der Waals surface area (Å²) in [6.45, 7) is 23.4. The molecule has 4 spiro atoms. The van der Waals surface area contributed by atoms with Gasteiger partial charge in [0.05, 0.1) is 23.3 Å². The smallest absolute Gasteiger partial charge is 0.281 e. The van der Waals surface area contributed by atoms with Gasteiger partial charge in [-0.3, -0.25) is 9.59 Å². The molecular weight excluding hydrogens is 1290 g/mol. The van der Waals surface area contributed by atoms with Gasteiger partial charge in [-0.05, 0) is 224 Å². The van der Waals surface area contributed by atoms with Crippen LogP contribution in [0.15, 0.2) is 95.2 Å². The SMILES string of the molecule is CC1(C)C[C@@H]2CCCNc3cccc(n3)S(=O)(=O)NC(=O)c3ccc(-n4ccc(OCC(O)C5C6(CC6)C56CC6)n4)nc3N1C2.CC1(C)C[C@@H]2CCCNc3cccc(n3)S(=O)(=O)NC(=O)c3ccc(-n4ccc(OCC(O[Si](C)(C)C(C)(C)C)C5C6(CC6)C56CC6)n4)nc3N1C2. The normalized spacial score (nSPS) is 25.2. The molecule has 4 aliphatic heterocycles. The molecule has 97 heavy (non-hydrogen) atoms. The Morgan fingerprint density at radius 1 is 0.588 bits per heavy atom. The average Bonchev–Trinajstić information content (AvgIpc) is 1.45. The number of anilines is 4. The highest BCUT2D eigenvalue weighted by Crippen LogP contribution is 2.94. The summed E-state index contributed by atoms with van der Waals surface area (Å²) in [7, 11) is -10.5. The van der Waals surface area contributed by atoms with Gasteiger partial charge in [0.2, 0.25) is 11.8 Å². The molecule has 518 valence electrons. The molecule has 24 nitrogen and oxygen atoms in total. The van der Waals surface area contributed by atoms with Crippen LogP contribution < -0.4 is 39.4 Å². The van der Waals surface area contributed by atoms with Crippen LogP contribution in [0.5, 0.6) is 11.8 Å². The maximum atomic E-state index is 13.8. The third kappa shape index (κ3) is 11.9. The topological polar surface area (TPSA) is 292 Å². The molecule has 10 heterocycles. The predicted octanol–water partition coefficient (Wildman–Crippen LogP) is 10.1. The molecule has 0 radical (unpaired) electrons. The highest BCUT2D eigenvalue weighted by Gasteiger charge is 2.89. The van der Waals surface area contributed by atoms with Gasteiger partial charge in [0.15, 0.2) is 30.0 Å². The minimum absolute atomic E-state index is 0.0401. The van der Waals surface area contributed by atoms with E-state index in [4.69, 9.17) is 29.0 Å². The number of aliphatic hydroxyl groups is 1. The molecule has 2 saturated heterocycles. The van der Waals surface area contributed by atoms with Gasteiger partial charge in [0.1, 0.15) is 36.5 Å². The van der Waals surface area contributed by atoms with Crippen molar-refractivity contribution >= 4 is 63.4 Å². The zero-order valence-electron chi connectivity index (χ0n) is 57.1. The number of aliphatic hydroxyl groups excluding tert-OH is 1. The van der Waals surface area contributed by atoms with Gasteiger partial charge in [-0.15, -0.1) is 10.2 Å². The lowest BCUT2D eigenvalue weighted by atomic mass is 9.93. The number of fused-ring (bicyclic) bond motifs is 14. The number of sulfonamides is 2. The van der Waals surface area contributed by atoms with Crippen molar-refractivity contribution < 1.29 is 45.4 Å². The molecule has 0 aromatic carbocycles. The number of nitrogens with zero attached hydrogens (tertiary/aromatic N) is 10. The second-order valence-corrected chi connectivity index (χ2v) is 40.2. The van der Waals surface area contributed by atoms with Crippen molar-refractivity contribution in [3.05, 3.63) is 96.3 Å². The molecule has 5 N–H and O–H groups in total. The number of amides is 2. The molecule has 27 heteroatoms. The molecule has 6 aromatic rings. The van der Waals surface area contributed by atoms with E-state index in [-0.39, 0.29) is 50.0 Å². The third-order valence-corrected chi connectivity index (χ3v) is 31.0. The first kappa shape index (κ1) is 65.7. The summed E-state index contributed by atoms with van der Waals surface area (Å²) in [4.78, 5) is 50.1. The van der Waals surface area contributed by atoms with Crippen LogP contribution in [0.2, 0.25) is 18.1 Å². The lowest BCUT2D eigenvalue weighted by molar-refractivity contribution is 0.0768. The standard InChI is InChI=1S/C38H53N7O5SSi.C32H39N7O5S/c1-35(2,3)52(6,7)50-27(32-37(16-17-37)38(32)18-19-38)24-49-30-15-21-45(42-30)29-14-13-26-33(41-29)44-23-25(22-36(44,4)5)10-9-20-39-28-11-8-12-31(40-28)51(47,48)43-34(26)46;1-30(2)17-20-5-4-15-33-23-6-3-7-26(34-23)45(42,43)37-29(41)21-8-9-24(35-28(21)38(30)18-20)39-16-10-25(36-39)44-19-22(40)27-31(11-12-31)32(27)13-14-32/h8,11-15,21,25,27,32H,9-10,16-20,22-24H2,1-7H3,(H,39,40)(H,43,46);3,6-10,16,20,22,27,40H,4-5,11-15,17-19H2,1-2H3,(H,33,34)(H,37,41)/t25-,27?;20-,22?/m00/s1. The zero-order chi connectivity index (χ0) is 68.1. The number of aromatic nitrogens is 8. The molecule has 2 unspecified atom stereocenters. The van der Waals surface area contributed by atoms with Crippen molar-refractivity contribution in [1.82, 2.24) is 48.9 Å². The molecular formula is C70H92N14O10S2Si. The van der Waals surface area contributed by atoms with Gasteiger partial charge in [0.25, 0.3) is 31.9 Å². The van der Waals surface area contributed by atoms with E-state index in [1.54, 1.807) is 70.2 Å². The Labute approximate surface area is 569 Å². The number of hydrogen-bond acceptors (Lipinski definition) is 20. The Bertz CT molecular complexity index is 4290. The summed E-state index contributed by atoms with van der Waals surface area (Å²) in [5, 5.41) is 26.3. The minimum Gasteiger partial charge on any atom is -0.474 e. The van der Waals surface area contributed by atoms with Crippen LogP contribution in [0.4, 0.5) is 23.3 Å². The van der Waals surface area contributed by atoms with E-state index < -0.39 is 46.3 Å². The summed E-state index contributed by atoms with van der Waals surface area (Å²) < 4.78 is 80.4. The third-order valence-electron chi connectivity index (χ3n) is 24.0. The average molecular weight is 1380 g/mol. The molecule has 6 saturated carbocycles. The van der Waals surface area contributed by atoms with E-state index >= 15 is 0 Å². The van der Waals surface area contributed by atoms with Gasteiger partial charge < -0.3 is 39.4 Å². The van der Waals surface area contributed by atoms with Gasteiger partial charge in [-0.25, -0.2) is 38.7 Å². The number of carbonyl (C=O) groups excluding carboxylic acids is 2. The number of ether oxygens (including phenoxy) is 2. The number of pyridine rings is 4. The van der Waals surface area contributed by atoms with Gasteiger partial charge in [-0.1, -0.05) is 32.9 Å². The molecule has 16 rings (SSSR count). The van der Waals surface area contributed by atoms with E-state index in [2.05, 4.69) is 107 Å². The van der Waals surface area contributed by atoms with Crippen LogP contribution in [0.3, 0.4) is 0 Å². The van der Waals surface area contributed by atoms with Crippen molar-refractivity contribution in [3.8, 4) is 23.4 Å². The van der Waals surface area contributed by atoms with E-state index in [0.29, 0.717) is 125 Å². The Morgan fingerprint density at radius 3 is 1.43 bits per heavy atom. The second-order valence-electron chi connectivity index (χ2n) is 32.2. The Morgan fingerprint density at radius 2 is 1.01 bits per heavy atom. The molecule has 2 amide bonds. The molecule has 10 aliphatic rings. The summed E-state index contributed by atoms with van der Waals surface area (Å²) in [6.07, 6.45) is 18.8. The number of carbonyl (C=O) groups is 2. The van der Waals surface area contributed by atoms with Crippen molar-refractivity contribution in [2.75, 3.05) is 59.8 Å². The van der Waals surface area contributed by atoms with E-state index in [1.807, 2.05) is 12.3 Å². The molecule has 8 bridgehead atoms. The van der Waals surface area contributed by atoms with Crippen LogP contribution in [-0.4, -0.2) is 144 Å². The van der Waals surface area contributed by atoms with E-state index in [9.17, 15) is 31.5 Å². The highest BCUT2D eigenvalue weighted by atomic mass is 32.2. The van der Waals surface area contributed by atoms with Gasteiger partial charge in [0, 0.05) is 67.7 Å². The van der Waals surface area contributed by atoms with Gasteiger partial charge in [-0.2, -0.15) is 16.8 Å². The van der Waals surface area contributed by atoms with Crippen molar-refractivity contribution in [2.24, 2.45) is 45.3 Å². The van der Waals surface area contributed by atoms with E-state index in [1.165, 1.54) is 63.5 Å². The van der Waals surface area contributed by atoms with Crippen molar-refractivity contribution in [1.29, 1.82) is 0 Å². The molecule has 4 atom stereocenters. The number of rotatable bonds is 12. The fourth-order valence-electron chi connectivity index (χ4n) is 17.8. The summed E-state index contributed by atoms with van der Waals surface area (Å²) >= 11 is 0. The quantitative estimate of drug-likeness (QED) is 0.0712. The largest absolute Gasteiger partial charge is 0.474 e. The first-order valence-electron chi connectivity index (χ1n) is 34.8. The maximum absolute atomic E-state index is 13.8. The first-order valence-corrected chi connectivity index (χ1v) is 40.7. The monoisotopic (exact) mass is 1380 g/mol. The Hall–Kier alpha value is -7.20. The van der Waals surface area contributed by atoms with Crippen LogP contribution in [0.1, 0.15) is 159 Å². The predicted molar refractivity (Wildman–Crippen MR) is 368 cm³/mol. The highest BCUT2D eigenvalue weighted by molar-refractivity contribution is 7.90. The van der Waals surface area contributed by atoms with Crippen LogP contribution >= 0.6 is 0 Å². The van der Waals surface area contributed by atoms with E-state index in [0.717, 1.165) is 38.5 Å². The first-order chi connectivity index (χ1) is 46.0. The van der Waals surface area contributed by atoms with Crippen molar-refractivity contribution in [2.45, 2.75) is 190 Å². The van der Waals surface area contributed by atoms with Crippen molar-refractivity contribution in [3.63, 3.8) is 0 Å². The second kappa shape index (κ2) is 23.2.